The molecule has 0 saturated carbocycles. The number of hydrogen-bond acceptors (Lipinski definition) is 2. The SMILES string of the molecule is CC(C)CCCC1(CC(C)C)SCCS1. The van der Waals surface area contributed by atoms with Crippen LogP contribution in [0.1, 0.15) is 53.4 Å². The average Bonchev–Trinajstić information content (AvgIpc) is 2.51. The van der Waals surface area contributed by atoms with E-state index in [2.05, 4.69) is 51.2 Å². The second-order valence-corrected chi connectivity index (χ2v) is 8.71. The third-order valence-electron chi connectivity index (χ3n) is 2.87. The molecule has 0 N–H and O–H groups in total. The molecule has 0 aromatic carbocycles. The molecule has 1 aliphatic rings. The Labute approximate surface area is 104 Å². The lowest BCUT2D eigenvalue weighted by Crippen LogP contribution is -2.20. The summed E-state index contributed by atoms with van der Waals surface area (Å²) < 4.78 is 0.586. The van der Waals surface area contributed by atoms with Gasteiger partial charge in [0.1, 0.15) is 0 Å². The van der Waals surface area contributed by atoms with Crippen molar-refractivity contribution >= 4 is 23.5 Å². The zero-order chi connectivity index (χ0) is 11.3. The minimum atomic E-state index is 0.586. The maximum Gasteiger partial charge on any atom is 0.0614 e. The Balaban J connectivity index is 2.36. The highest BCUT2D eigenvalue weighted by Crippen LogP contribution is 2.51. The Morgan fingerprint density at radius 3 is 2.07 bits per heavy atom. The summed E-state index contributed by atoms with van der Waals surface area (Å²) in [5, 5.41) is 0. The minimum absolute atomic E-state index is 0.586. The van der Waals surface area contributed by atoms with Crippen LogP contribution in [-0.2, 0) is 0 Å². The van der Waals surface area contributed by atoms with Crippen LogP contribution >= 0.6 is 23.5 Å². The molecule has 1 heterocycles. The smallest absolute Gasteiger partial charge is 0.0614 e. The van der Waals surface area contributed by atoms with Crippen molar-refractivity contribution in [1.29, 1.82) is 0 Å². The van der Waals surface area contributed by atoms with Gasteiger partial charge >= 0.3 is 0 Å². The molecule has 0 radical (unpaired) electrons. The first kappa shape index (κ1) is 13.8. The highest BCUT2D eigenvalue weighted by molar-refractivity contribution is 8.21. The van der Waals surface area contributed by atoms with E-state index in [4.69, 9.17) is 0 Å². The van der Waals surface area contributed by atoms with Gasteiger partial charge in [0.2, 0.25) is 0 Å². The molecule has 0 bridgehead atoms. The van der Waals surface area contributed by atoms with Crippen molar-refractivity contribution < 1.29 is 0 Å². The van der Waals surface area contributed by atoms with E-state index in [1.807, 2.05) is 0 Å². The molecule has 1 rings (SSSR count). The van der Waals surface area contributed by atoms with Crippen LogP contribution in [0.2, 0.25) is 0 Å². The summed E-state index contributed by atoms with van der Waals surface area (Å²) in [6.07, 6.45) is 5.66. The molecule has 0 aromatic rings. The van der Waals surface area contributed by atoms with Gasteiger partial charge in [0.05, 0.1) is 4.08 Å². The summed E-state index contributed by atoms with van der Waals surface area (Å²) in [5.74, 6) is 4.47. The zero-order valence-electron chi connectivity index (χ0n) is 10.7. The molecule has 90 valence electrons. The Kier molecular flexibility index (Phi) is 5.91. The van der Waals surface area contributed by atoms with Crippen molar-refractivity contribution in [3.63, 3.8) is 0 Å². The first-order chi connectivity index (χ1) is 7.04. The first-order valence-corrected chi connectivity index (χ1v) is 8.29. The minimum Gasteiger partial charge on any atom is -0.143 e. The standard InChI is InChI=1S/C13H26S2/c1-11(2)6-5-7-13(10-12(3)4)14-8-9-15-13/h11-12H,5-10H2,1-4H3. The molecule has 1 saturated heterocycles. The molecule has 1 aliphatic heterocycles. The van der Waals surface area contributed by atoms with Gasteiger partial charge in [-0.05, 0) is 24.7 Å². The summed E-state index contributed by atoms with van der Waals surface area (Å²) in [6, 6.07) is 0. The summed E-state index contributed by atoms with van der Waals surface area (Å²) in [7, 11) is 0. The van der Waals surface area contributed by atoms with Crippen LogP contribution in [0.15, 0.2) is 0 Å². The van der Waals surface area contributed by atoms with Crippen LogP contribution in [0.4, 0.5) is 0 Å². The van der Waals surface area contributed by atoms with Gasteiger partial charge in [-0.3, -0.25) is 0 Å². The van der Waals surface area contributed by atoms with Gasteiger partial charge in [-0.15, -0.1) is 23.5 Å². The van der Waals surface area contributed by atoms with E-state index in [-0.39, 0.29) is 0 Å². The van der Waals surface area contributed by atoms with Crippen molar-refractivity contribution in [3.05, 3.63) is 0 Å². The fourth-order valence-electron chi connectivity index (χ4n) is 2.26. The quantitative estimate of drug-likeness (QED) is 0.644. The second kappa shape index (κ2) is 6.44. The number of rotatable bonds is 6. The van der Waals surface area contributed by atoms with Gasteiger partial charge in [0.25, 0.3) is 0 Å². The highest BCUT2D eigenvalue weighted by atomic mass is 32.2. The highest BCUT2D eigenvalue weighted by Gasteiger charge is 2.35. The predicted molar refractivity (Wildman–Crippen MR) is 75.8 cm³/mol. The number of hydrogen-bond donors (Lipinski definition) is 0. The third kappa shape index (κ3) is 5.04. The maximum absolute atomic E-state index is 2.36. The monoisotopic (exact) mass is 246 g/mol. The van der Waals surface area contributed by atoms with Gasteiger partial charge in [0, 0.05) is 11.5 Å². The van der Waals surface area contributed by atoms with Crippen molar-refractivity contribution in [1.82, 2.24) is 0 Å². The fourth-order valence-corrected chi connectivity index (χ4v) is 5.99. The van der Waals surface area contributed by atoms with Crippen LogP contribution in [0.3, 0.4) is 0 Å². The van der Waals surface area contributed by atoms with Crippen LogP contribution in [0.5, 0.6) is 0 Å². The van der Waals surface area contributed by atoms with Crippen molar-refractivity contribution in [2.75, 3.05) is 11.5 Å². The Morgan fingerprint density at radius 1 is 1.00 bits per heavy atom. The molecule has 0 aliphatic carbocycles. The first-order valence-electron chi connectivity index (χ1n) is 6.32. The van der Waals surface area contributed by atoms with Gasteiger partial charge < -0.3 is 0 Å². The van der Waals surface area contributed by atoms with E-state index >= 15 is 0 Å². The molecule has 0 unspecified atom stereocenters. The lowest BCUT2D eigenvalue weighted by molar-refractivity contribution is 0.478. The summed E-state index contributed by atoms with van der Waals surface area (Å²) in [6.45, 7) is 9.40. The molecule has 15 heavy (non-hydrogen) atoms. The molecular weight excluding hydrogens is 220 g/mol. The normalized spacial score (nSPS) is 20.4. The van der Waals surface area contributed by atoms with E-state index < -0.39 is 0 Å². The molecule has 2 heteroatoms. The molecule has 0 spiro atoms. The molecule has 0 nitrogen and oxygen atoms in total. The molecular formula is C13H26S2. The van der Waals surface area contributed by atoms with Gasteiger partial charge in [-0.2, -0.15) is 0 Å². The van der Waals surface area contributed by atoms with Gasteiger partial charge in [-0.25, -0.2) is 0 Å². The van der Waals surface area contributed by atoms with E-state index in [1.165, 1.54) is 37.2 Å². The summed E-state index contributed by atoms with van der Waals surface area (Å²) in [5.41, 5.74) is 0. The van der Waals surface area contributed by atoms with E-state index in [0.717, 1.165) is 11.8 Å². The lowest BCUT2D eigenvalue weighted by atomic mass is 10.00. The van der Waals surface area contributed by atoms with E-state index in [0.29, 0.717) is 4.08 Å². The topological polar surface area (TPSA) is 0 Å². The van der Waals surface area contributed by atoms with Gasteiger partial charge in [-0.1, -0.05) is 40.5 Å². The maximum atomic E-state index is 2.36. The van der Waals surface area contributed by atoms with Crippen molar-refractivity contribution in [3.8, 4) is 0 Å². The summed E-state index contributed by atoms with van der Waals surface area (Å²) in [4.78, 5) is 0. The molecule has 0 atom stereocenters. The number of thioether (sulfide) groups is 2. The average molecular weight is 246 g/mol. The largest absolute Gasteiger partial charge is 0.143 e. The Hall–Kier alpha value is 0.700. The Morgan fingerprint density at radius 2 is 1.60 bits per heavy atom. The van der Waals surface area contributed by atoms with Crippen LogP contribution in [0, 0.1) is 11.8 Å². The molecule has 0 amide bonds. The van der Waals surface area contributed by atoms with Gasteiger partial charge in [0.15, 0.2) is 0 Å². The molecule has 1 fully saturated rings. The van der Waals surface area contributed by atoms with Crippen LogP contribution < -0.4 is 0 Å². The van der Waals surface area contributed by atoms with E-state index in [1.54, 1.807) is 0 Å². The van der Waals surface area contributed by atoms with Crippen molar-refractivity contribution in [2.24, 2.45) is 11.8 Å². The van der Waals surface area contributed by atoms with Crippen LogP contribution in [0.25, 0.3) is 0 Å². The predicted octanol–water partition coefficient (Wildman–Crippen LogP) is 5.04. The third-order valence-corrected chi connectivity index (χ3v) is 6.45. The Bertz CT molecular complexity index is 169. The second-order valence-electron chi connectivity index (χ2n) is 5.49. The molecule has 0 aromatic heterocycles. The summed E-state index contributed by atoms with van der Waals surface area (Å²) >= 11 is 4.47. The zero-order valence-corrected chi connectivity index (χ0v) is 12.3. The van der Waals surface area contributed by atoms with E-state index in [9.17, 15) is 0 Å². The van der Waals surface area contributed by atoms with Crippen molar-refractivity contribution in [2.45, 2.75) is 57.5 Å². The fraction of sp³-hybridized carbons (Fsp3) is 1.00. The van der Waals surface area contributed by atoms with Crippen LogP contribution in [-0.4, -0.2) is 15.6 Å². The lowest BCUT2D eigenvalue weighted by Gasteiger charge is -2.29.